The second kappa shape index (κ2) is 8.98. The first-order valence-electron chi connectivity index (χ1n) is 5.92. The molecule has 0 fully saturated rings. The predicted octanol–water partition coefficient (Wildman–Crippen LogP) is 1.21. The van der Waals surface area contributed by atoms with E-state index in [2.05, 4.69) is 28.2 Å². The smallest absolute Gasteiger partial charge is 0.306 e. The first-order chi connectivity index (χ1) is 8.04. The van der Waals surface area contributed by atoms with Crippen molar-refractivity contribution in [3.8, 4) is 0 Å². The van der Waals surface area contributed by atoms with Crippen molar-refractivity contribution in [3.05, 3.63) is 0 Å². The van der Waals surface area contributed by atoms with Crippen LogP contribution in [0.1, 0.15) is 33.1 Å². The standard InChI is InChI=1S/C12H23NO4/c1-5-10(2)13(8-6-11(14)16-3)9-7-12(15)17-4/h10H,5-9H2,1-4H3. The lowest BCUT2D eigenvalue weighted by atomic mass is 10.2. The Morgan fingerprint density at radius 1 is 1.06 bits per heavy atom. The van der Waals surface area contributed by atoms with E-state index in [1.165, 1.54) is 14.2 Å². The lowest BCUT2D eigenvalue weighted by Gasteiger charge is -2.27. The summed E-state index contributed by atoms with van der Waals surface area (Å²) in [7, 11) is 2.76. The fourth-order valence-corrected chi connectivity index (χ4v) is 1.48. The molecule has 0 saturated carbocycles. The molecule has 0 aliphatic carbocycles. The third kappa shape index (κ3) is 6.94. The van der Waals surface area contributed by atoms with Gasteiger partial charge in [0.15, 0.2) is 0 Å². The van der Waals surface area contributed by atoms with Gasteiger partial charge in [-0.25, -0.2) is 0 Å². The molecule has 0 radical (unpaired) electrons. The molecule has 0 saturated heterocycles. The molecule has 0 bridgehead atoms. The summed E-state index contributed by atoms with van der Waals surface area (Å²) >= 11 is 0. The highest BCUT2D eigenvalue weighted by Crippen LogP contribution is 2.06. The van der Waals surface area contributed by atoms with Gasteiger partial charge >= 0.3 is 11.9 Å². The van der Waals surface area contributed by atoms with Gasteiger partial charge in [-0.1, -0.05) is 6.92 Å². The summed E-state index contributed by atoms with van der Waals surface area (Å²) in [6, 6.07) is 0.337. The maximum Gasteiger partial charge on any atom is 0.306 e. The fraction of sp³-hybridized carbons (Fsp3) is 0.833. The predicted molar refractivity (Wildman–Crippen MR) is 64.6 cm³/mol. The SMILES string of the molecule is CCC(C)N(CCC(=O)OC)CCC(=O)OC. The Bertz CT molecular complexity index is 223. The first kappa shape index (κ1) is 15.9. The Labute approximate surface area is 103 Å². The van der Waals surface area contributed by atoms with E-state index in [0.29, 0.717) is 32.0 Å². The number of hydrogen-bond donors (Lipinski definition) is 0. The highest BCUT2D eigenvalue weighted by atomic mass is 16.5. The average Bonchev–Trinajstić information content (AvgIpc) is 2.36. The van der Waals surface area contributed by atoms with Crippen LogP contribution in [0.5, 0.6) is 0 Å². The zero-order chi connectivity index (χ0) is 13.3. The second-order valence-electron chi connectivity index (χ2n) is 3.95. The van der Waals surface area contributed by atoms with E-state index in [0.717, 1.165) is 6.42 Å². The summed E-state index contributed by atoms with van der Waals surface area (Å²) < 4.78 is 9.21. The van der Waals surface area contributed by atoms with Crippen molar-refractivity contribution >= 4 is 11.9 Å². The largest absolute Gasteiger partial charge is 0.469 e. The summed E-state index contributed by atoms with van der Waals surface area (Å²) in [6.45, 7) is 5.37. The molecule has 0 aliphatic rings. The molecule has 0 amide bonds. The van der Waals surface area contributed by atoms with Crippen LogP contribution in [0.4, 0.5) is 0 Å². The van der Waals surface area contributed by atoms with Gasteiger partial charge in [-0.2, -0.15) is 0 Å². The van der Waals surface area contributed by atoms with Gasteiger partial charge in [0.1, 0.15) is 0 Å². The van der Waals surface area contributed by atoms with Crippen molar-refractivity contribution in [2.45, 2.75) is 39.2 Å². The highest BCUT2D eigenvalue weighted by molar-refractivity contribution is 5.70. The van der Waals surface area contributed by atoms with Crippen LogP contribution in [-0.4, -0.2) is 50.2 Å². The minimum absolute atomic E-state index is 0.226. The zero-order valence-corrected chi connectivity index (χ0v) is 11.2. The minimum atomic E-state index is -0.226. The molecule has 100 valence electrons. The van der Waals surface area contributed by atoms with E-state index in [1.807, 2.05) is 0 Å². The molecule has 0 aliphatic heterocycles. The summed E-state index contributed by atoms with van der Waals surface area (Å²) in [5.41, 5.74) is 0. The minimum Gasteiger partial charge on any atom is -0.469 e. The van der Waals surface area contributed by atoms with E-state index in [-0.39, 0.29) is 11.9 Å². The normalized spacial score (nSPS) is 12.3. The summed E-state index contributed by atoms with van der Waals surface area (Å²) in [5, 5.41) is 0. The number of rotatable bonds is 8. The van der Waals surface area contributed by atoms with Crippen LogP contribution in [0.15, 0.2) is 0 Å². The molecule has 0 rings (SSSR count). The maximum absolute atomic E-state index is 11.1. The van der Waals surface area contributed by atoms with Crippen LogP contribution in [0.2, 0.25) is 0 Å². The molecule has 5 heteroatoms. The lowest BCUT2D eigenvalue weighted by Crippen LogP contribution is -2.36. The van der Waals surface area contributed by atoms with Crippen molar-refractivity contribution in [1.82, 2.24) is 4.90 Å². The number of carbonyl (C=O) groups excluding carboxylic acids is 2. The molecule has 0 heterocycles. The van der Waals surface area contributed by atoms with Crippen LogP contribution in [0.3, 0.4) is 0 Å². The molecular weight excluding hydrogens is 222 g/mol. The Kier molecular flexibility index (Phi) is 8.40. The van der Waals surface area contributed by atoms with E-state index in [9.17, 15) is 9.59 Å². The maximum atomic E-state index is 11.1. The van der Waals surface area contributed by atoms with Crippen LogP contribution in [0.25, 0.3) is 0 Å². The van der Waals surface area contributed by atoms with Gasteiger partial charge in [0.05, 0.1) is 27.1 Å². The first-order valence-corrected chi connectivity index (χ1v) is 5.92. The van der Waals surface area contributed by atoms with Gasteiger partial charge in [0, 0.05) is 19.1 Å². The number of esters is 2. The molecule has 1 atom stereocenters. The molecule has 0 N–H and O–H groups in total. The Balaban J connectivity index is 4.14. The molecule has 0 spiro atoms. The van der Waals surface area contributed by atoms with Crippen LogP contribution >= 0.6 is 0 Å². The van der Waals surface area contributed by atoms with E-state index < -0.39 is 0 Å². The number of nitrogens with zero attached hydrogens (tertiary/aromatic N) is 1. The summed E-state index contributed by atoms with van der Waals surface area (Å²) in [5.74, 6) is -0.451. The quantitative estimate of drug-likeness (QED) is 0.602. The third-order valence-corrected chi connectivity index (χ3v) is 2.88. The monoisotopic (exact) mass is 245 g/mol. The third-order valence-electron chi connectivity index (χ3n) is 2.88. The van der Waals surface area contributed by atoms with Gasteiger partial charge in [0.2, 0.25) is 0 Å². The molecule has 5 nitrogen and oxygen atoms in total. The Morgan fingerprint density at radius 2 is 1.47 bits per heavy atom. The number of hydrogen-bond acceptors (Lipinski definition) is 5. The van der Waals surface area contributed by atoms with Crippen molar-refractivity contribution in [2.75, 3.05) is 27.3 Å². The molecule has 17 heavy (non-hydrogen) atoms. The van der Waals surface area contributed by atoms with Crippen molar-refractivity contribution in [3.63, 3.8) is 0 Å². The lowest BCUT2D eigenvalue weighted by molar-refractivity contribution is -0.141. The number of methoxy groups -OCH3 is 2. The fourth-order valence-electron chi connectivity index (χ4n) is 1.48. The highest BCUT2D eigenvalue weighted by Gasteiger charge is 2.15. The molecule has 0 aromatic carbocycles. The van der Waals surface area contributed by atoms with E-state index >= 15 is 0 Å². The molecule has 0 aromatic heterocycles. The van der Waals surface area contributed by atoms with E-state index in [4.69, 9.17) is 0 Å². The zero-order valence-electron chi connectivity index (χ0n) is 11.2. The van der Waals surface area contributed by atoms with Gasteiger partial charge in [-0.3, -0.25) is 14.5 Å². The molecule has 1 unspecified atom stereocenters. The van der Waals surface area contributed by atoms with Crippen molar-refractivity contribution in [1.29, 1.82) is 0 Å². The average molecular weight is 245 g/mol. The number of carbonyl (C=O) groups is 2. The van der Waals surface area contributed by atoms with Gasteiger partial charge in [0.25, 0.3) is 0 Å². The van der Waals surface area contributed by atoms with E-state index in [1.54, 1.807) is 0 Å². The van der Waals surface area contributed by atoms with Gasteiger partial charge < -0.3 is 9.47 Å². The van der Waals surface area contributed by atoms with Crippen LogP contribution < -0.4 is 0 Å². The Hall–Kier alpha value is -1.10. The van der Waals surface area contributed by atoms with Gasteiger partial charge in [-0.05, 0) is 13.3 Å². The molecule has 0 aromatic rings. The van der Waals surface area contributed by atoms with Gasteiger partial charge in [-0.15, -0.1) is 0 Å². The Morgan fingerprint density at radius 3 is 1.76 bits per heavy atom. The van der Waals surface area contributed by atoms with Crippen LogP contribution in [0, 0.1) is 0 Å². The second-order valence-corrected chi connectivity index (χ2v) is 3.95. The van der Waals surface area contributed by atoms with Crippen molar-refractivity contribution < 1.29 is 19.1 Å². The van der Waals surface area contributed by atoms with Crippen molar-refractivity contribution in [2.24, 2.45) is 0 Å². The summed E-state index contributed by atoms with van der Waals surface area (Å²) in [4.78, 5) is 24.3. The summed E-state index contributed by atoms with van der Waals surface area (Å²) in [6.07, 6.45) is 1.67. The molecular formula is C12H23NO4. The van der Waals surface area contributed by atoms with Crippen LogP contribution in [-0.2, 0) is 19.1 Å². The number of ether oxygens (including phenoxy) is 2. The topological polar surface area (TPSA) is 55.8 Å².